The first-order valence-corrected chi connectivity index (χ1v) is 4.51. The van der Waals surface area contributed by atoms with Crippen LogP contribution < -0.4 is 0 Å². The molecule has 0 amide bonds. The lowest BCUT2D eigenvalue weighted by Gasteiger charge is -1.98. The van der Waals surface area contributed by atoms with E-state index < -0.39 is 10.1 Å². The Morgan fingerprint density at radius 3 is 2.67 bits per heavy atom. The van der Waals surface area contributed by atoms with E-state index >= 15 is 0 Å². The van der Waals surface area contributed by atoms with E-state index in [1.54, 1.807) is 0 Å². The van der Waals surface area contributed by atoms with Gasteiger partial charge in [0, 0.05) is 0 Å². The lowest BCUT2D eigenvalue weighted by atomic mass is 10.7. The number of hydrogen-bond donors (Lipinski definition) is 1. The fourth-order valence-corrected chi connectivity index (χ4v) is 0.547. The van der Waals surface area contributed by atoms with Gasteiger partial charge in [-0.2, -0.15) is 8.42 Å². The molecule has 6 heteroatoms. The quantitative estimate of drug-likeness (QED) is 0.219. The third-order valence-corrected chi connectivity index (χ3v) is 1.17. The molecule has 0 saturated carbocycles. The number of rotatable bonds is 6. The first-order valence-electron chi connectivity index (χ1n) is 3.00. The lowest BCUT2D eigenvalue weighted by Crippen LogP contribution is -1.96. The van der Waals surface area contributed by atoms with Gasteiger partial charge >= 0.3 is 0 Å². The molecule has 0 aromatic rings. The molecule has 0 bridgehead atoms. The van der Waals surface area contributed by atoms with Gasteiger partial charge in [0.1, 0.15) is 0 Å². The van der Waals surface area contributed by atoms with Crippen LogP contribution in [0.15, 0.2) is 24.3 Å². The average molecular weight is 194 g/mol. The zero-order valence-corrected chi connectivity index (χ0v) is 7.16. The minimum atomic E-state index is -4.10. The van der Waals surface area contributed by atoms with Gasteiger partial charge in [0.15, 0.2) is 6.79 Å². The zero-order chi connectivity index (χ0) is 9.45. The molecule has 0 spiro atoms. The van der Waals surface area contributed by atoms with Crippen LogP contribution in [0.5, 0.6) is 0 Å². The molecule has 0 rings (SSSR count). The zero-order valence-electron chi connectivity index (χ0n) is 6.34. The Hall–Kier alpha value is -0.850. The van der Waals surface area contributed by atoms with E-state index in [2.05, 4.69) is 11.3 Å². The van der Waals surface area contributed by atoms with Gasteiger partial charge < -0.3 is 9.47 Å². The lowest BCUT2D eigenvalue weighted by molar-refractivity contribution is 0.00230. The first-order chi connectivity index (χ1) is 5.56. The summed E-state index contributed by atoms with van der Waals surface area (Å²) in [5.74, 6) is 0. The molecule has 0 aliphatic carbocycles. The molecule has 70 valence electrons. The van der Waals surface area contributed by atoms with Gasteiger partial charge in [-0.15, -0.1) is 6.58 Å². The van der Waals surface area contributed by atoms with Crippen molar-refractivity contribution >= 4 is 10.1 Å². The largest absolute Gasteiger partial charge is 0.474 e. The highest BCUT2D eigenvalue weighted by Crippen LogP contribution is 1.86. The fraction of sp³-hybridized carbons (Fsp3) is 0.333. The van der Waals surface area contributed by atoms with Crippen LogP contribution in [-0.2, 0) is 19.6 Å². The molecule has 0 aromatic carbocycles. The summed E-state index contributed by atoms with van der Waals surface area (Å²) in [7, 11) is -4.10. The summed E-state index contributed by atoms with van der Waals surface area (Å²) in [5, 5.41) is 0.518. The van der Waals surface area contributed by atoms with Crippen LogP contribution in [0.1, 0.15) is 0 Å². The minimum Gasteiger partial charge on any atom is -0.474 e. The van der Waals surface area contributed by atoms with E-state index in [1.165, 1.54) is 6.08 Å². The Morgan fingerprint density at radius 2 is 2.17 bits per heavy atom. The van der Waals surface area contributed by atoms with Gasteiger partial charge in [0.25, 0.3) is 10.1 Å². The monoisotopic (exact) mass is 194 g/mol. The highest BCUT2D eigenvalue weighted by molar-refractivity contribution is 7.88. The van der Waals surface area contributed by atoms with Crippen molar-refractivity contribution in [2.45, 2.75) is 0 Å². The van der Waals surface area contributed by atoms with Gasteiger partial charge in [0.05, 0.1) is 18.3 Å². The summed E-state index contributed by atoms with van der Waals surface area (Å²) in [6.45, 7) is 3.62. The molecular formula is C6H10O5S. The molecule has 0 radical (unpaired) electrons. The molecule has 0 heterocycles. The second-order valence-corrected chi connectivity index (χ2v) is 3.03. The van der Waals surface area contributed by atoms with Gasteiger partial charge in [-0.05, 0) is 0 Å². The Balaban J connectivity index is 3.44. The normalized spacial score (nSPS) is 11.8. The van der Waals surface area contributed by atoms with Gasteiger partial charge in [-0.25, -0.2) is 0 Å². The Bertz CT molecular complexity index is 241. The predicted molar refractivity (Wildman–Crippen MR) is 42.8 cm³/mol. The van der Waals surface area contributed by atoms with E-state index in [9.17, 15) is 8.42 Å². The second kappa shape index (κ2) is 5.76. The van der Waals surface area contributed by atoms with E-state index in [0.29, 0.717) is 12.0 Å². The Labute approximate surface area is 71.0 Å². The average Bonchev–Trinajstić information content (AvgIpc) is 1.94. The summed E-state index contributed by atoms with van der Waals surface area (Å²) < 4.78 is 37.5. The summed E-state index contributed by atoms with van der Waals surface area (Å²) in [5.41, 5.74) is 0. The molecule has 5 nitrogen and oxygen atoms in total. The topological polar surface area (TPSA) is 72.8 Å². The molecule has 0 aliphatic heterocycles. The summed E-state index contributed by atoms with van der Waals surface area (Å²) in [6, 6.07) is 0. The maximum Gasteiger partial charge on any atom is 0.290 e. The molecule has 0 saturated heterocycles. The third kappa shape index (κ3) is 9.15. The van der Waals surface area contributed by atoms with Crippen LogP contribution in [0.2, 0.25) is 0 Å². The van der Waals surface area contributed by atoms with Crippen molar-refractivity contribution in [3.8, 4) is 0 Å². The molecule has 12 heavy (non-hydrogen) atoms. The highest BCUT2D eigenvalue weighted by atomic mass is 32.2. The smallest absolute Gasteiger partial charge is 0.290 e. The molecule has 1 N–H and O–H groups in total. The van der Waals surface area contributed by atoms with Gasteiger partial charge in [0.2, 0.25) is 0 Å². The van der Waals surface area contributed by atoms with E-state index in [1.807, 2.05) is 0 Å². The van der Waals surface area contributed by atoms with Crippen LogP contribution >= 0.6 is 0 Å². The van der Waals surface area contributed by atoms with Crippen molar-refractivity contribution in [2.24, 2.45) is 0 Å². The van der Waals surface area contributed by atoms with Crippen LogP contribution in [0.4, 0.5) is 0 Å². The van der Waals surface area contributed by atoms with Crippen molar-refractivity contribution in [2.75, 3.05) is 13.4 Å². The molecule has 0 atom stereocenters. The van der Waals surface area contributed by atoms with E-state index in [0.717, 1.165) is 6.26 Å². The maximum absolute atomic E-state index is 10.1. The van der Waals surface area contributed by atoms with Crippen LogP contribution in [-0.4, -0.2) is 26.4 Å². The van der Waals surface area contributed by atoms with Crippen molar-refractivity contribution in [1.82, 2.24) is 0 Å². The molecular weight excluding hydrogens is 184 g/mol. The number of hydrogen-bond acceptors (Lipinski definition) is 4. The van der Waals surface area contributed by atoms with E-state index in [4.69, 9.17) is 9.29 Å². The van der Waals surface area contributed by atoms with Crippen molar-refractivity contribution in [3.05, 3.63) is 24.3 Å². The Morgan fingerprint density at radius 1 is 1.50 bits per heavy atom. The second-order valence-electron chi connectivity index (χ2n) is 1.73. The van der Waals surface area contributed by atoms with Crippen LogP contribution in [0.3, 0.4) is 0 Å². The molecule has 0 aliphatic rings. The van der Waals surface area contributed by atoms with E-state index in [-0.39, 0.29) is 6.79 Å². The molecule has 0 unspecified atom stereocenters. The minimum absolute atomic E-state index is 0.0853. The Kier molecular flexibility index (Phi) is 5.35. The highest BCUT2D eigenvalue weighted by Gasteiger charge is 1.93. The maximum atomic E-state index is 10.1. The van der Waals surface area contributed by atoms with Crippen LogP contribution in [0, 0.1) is 0 Å². The standard InChI is InChI=1S/C6H10O5S/c1-2-3-10-6-11-4-5-12(7,8)9/h2,4-5H,1,3,6H2,(H,7,8,9). The molecule has 0 aromatic heterocycles. The van der Waals surface area contributed by atoms with Crippen molar-refractivity contribution in [3.63, 3.8) is 0 Å². The summed E-state index contributed by atoms with van der Waals surface area (Å²) in [4.78, 5) is 0. The SMILES string of the molecule is C=CCOCOC=CS(=O)(=O)O. The van der Waals surface area contributed by atoms with Gasteiger partial charge in [-0.3, -0.25) is 4.55 Å². The van der Waals surface area contributed by atoms with Gasteiger partial charge in [-0.1, -0.05) is 6.08 Å². The van der Waals surface area contributed by atoms with Crippen molar-refractivity contribution < 1.29 is 22.4 Å². The number of ether oxygens (including phenoxy) is 2. The third-order valence-electron chi connectivity index (χ3n) is 0.711. The summed E-state index contributed by atoms with van der Waals surface area (Å²) in [6.07, 6.45) is 2.36. The summed E-state index contributed by atoms with van der Waals surface area (Å²) >= 11 is 0. The first kappa shape index (κ1) is 11.2. The predicted octanol–water partition coefficient (Wildman–Crippen LogP) is 0.522. The molecule has 0 fully saturated rings. The van der Waals surface area contributed by atoms with Crippen molar-refractivity contribution in [1.29, 1.82) is 0 Å². The van der Waals surface area contributed by atoms with Crippen LogP contribution in [0.25, 0.3) is 0 Å². The fourth-order valence-electron chi connectivity index (χ4n) is 0.328.